The summed E-state index contributed by atoms with van der Waals surface area (Å²) in [6.45, 7) is 0. The van der Waals surface area contributed by atoms with E-state index < -0.39 is 21.5 Å². The Bertz CT molecular complexity index is 1010. The van der Waals surface area contributed by atoms with Gasteiger partial charge in [0.2, 0.25) is 0 Å². The van der Waals surface area contributed by atoms with Gasteiger partial charge in [0.05, 0.1) is 23.0 Å². The number of sulfone groups is 1. The first kappa shape index (κ1) is 18.9. The van der Waals surface area contributed by atoms with E-state index in [1.54, 1.807) is 60.7 Å². The topological polar surface area (TPSA) is 71.4 Å². The van der Waals surface area contributed by atoms with Gasteiger partial charge in [-0.05, 0) is 23.3 Å². The molecular formula is C22H20O4S. The van der Waals surface area contributed by atoms with Crippen LogP contribution in [-0.2, 0) is 15.6 Å². The second-order valence-corrected chi connectivity index (χ2v) is 8.49. The summed E-state index contributed by atoms with van der Waals surface area (Å²) in [5.74, 6) is -1.89. The maximum absolute atomic E-state index is 13.1. The lowest BCUT2D eigenvalue weighted by atomic mass is 9.92. The maximum atomic E-state index is 13.1. The number of phenols is 1. The van der Waals surface area contributed by atoms with Gasteiger partial charge in [-0.25, -0.2) is 8.42 Å². The highest BCUT2D eigenvalue weighted by Gasteiger charge is 2.29. The van der Waals surface area contributed by atoms with Crippen molar-refractivity contribution in [2.45, 2.75) is 11.7 Å². The van der Waals surface area contributed by atoms with Gasteiger partial charge in [0, 0.05) is 0 Å². The zero-order valence-electron chi connectivity index (χ0n) is 14.7. The largest absolute Gasteiger partial charge is 0.507 e. The molecule has 0 aliphatic rings. The summed E-state index contributed by atoms with van der Waals surface area (Å²) in [4.78, 5) is 13.1. The molecule has 0 radical (unpaired) electrons. The van der Waals surface area contributed by atoms with Crippen molar-refractivity contribution >= 4 is 15.6 Å². The minimum absolute atomic E-state index is 0.126. The first-order valence-electron chi connectivity index (χ1n) is 8.58. The van der Waals surface area contributed by atoms with Crippen LogP contribution in [-0.4, -0.2) is 25.1 Å². The molecule has 0 fully saturated rings. The second kappa shape index (κ2) is 8.18. The predicted octanol–water partition coefficient (Wildman–Crippen LogP) is 3.97. The Kier molecular flexibility index (Phi) is 5.72. The first-order chi connectivity index (χ1) is 13.0. The summed E-state index contributed by atoms with van der Waals surface area (Å²) in [6, 6.07) is 23.9. The van der Waals surface area contributed by atoms with Crippen molar-refractivity contribution in [3.63, 3.8) is 0 Å². The van der Waals surface area contributed by atoms with Crippen LogP contribution in [0.1, 0.15) is 27.4 Å². The molecule has 5 heteroatoms. The fraction of sp³-hybridized carbons (Fsp3) is 0.136. The summed E-state index contributed by atoms with van der Waals surface area (Å²) in [6.07, 6.45) is 0. The fourth-order valence-corrected chi connectivity index (χ4v) is 4.69. The van der Waals surface area contributed by atoms with Gasteiger partial charge >= 0.3 is 0 Å². The molecule has 1 atom stereocenters. The zero-order chi connectivity index (χ0) is 19.3. The molecule has 0 saturated heterocycles. The van der Waals surface area contributed by atoms with E-state index in [9.17, 15) is 18.3 Å². The van der Waals surface area contributed by atoms with Crippen molar-refractivity contribution in [3.05, 3.63) is 102 Å². The van der Waals surface area contributed by atoms with Crippen LogP contribution >= 0.6 is 0 Å². The molecule has 27 heavy (non-hydrogen) atoms. The number of rotatable bonds is 7. The van der Waals surface area contributed by atoms with Gasteiger partial charge in [-0.2, -0.15) is 0 Å². The Morgan fingerprint density at radius 3 is 2.00 bits per heavy atom. The third-order valence-electron chi connectivity index (χ3n) is 4.34. The molecule has 3 aromatic rings. The highest BCUT2D eigenvalue weighted by Crippen LogP contribution is 2.28. The van der Waals surface area contributed by atoms with Gasteiger partial charge in [-0.15, -0.1) is 0 Å². The fourth-order valence-electron chi connectivity index (χ4n) is 3.02. The van der Waals surface area contributed by atoms with Gasteiger partial charge in [-0.1, -0.05) is 72.8 Å². The number of hydrogen-bond acceptors (Lipinski definition) is 4. The van der Waals surface area contributed by atoms with Crippen molar-refractivity contribution in [1.29, 1.82) is 0 Å². The molecule has 1 N–H and O–H groups in total. The van der Waals surface area contributed by atoms with Crippen LogP contribution in [0.2, 0.25) is 0 Å². The summed E-state index contributed by atoms with van der Waals surface area (Å²) in [7, 11) is -3.55. The highest BCUT2D eigenvalue weighted by molar-refractivity contribution is 7.90. The number of benzene rings is 3. The third-order valence-corrected chi connectivity index (χ3v) is 5.95. The smallest absolute Gasteiger partial charge is 0.175 e. The standard InChI is InChI=1S/C22H20O4S/c23-21-14-8-7-13-19(21)22(24)20(18-11-5-2-6-12-18)16-27(25,26)15-17-9-3-1-4-10-17/h1-14,20,23H,15-16H2. The van der Waals surface area contributed by atoms with Crippen molar-refractivity contribution in [2.24, 2.45) is 0 Å². The van der Waals surface area contributed by atoms with Gasteiger partial charge in [0.25, 0.3) is 0 Å². The summed E-state index contributed by atoms with van der Waals surface area (Å²) in [5.41, 5.74) is 1.42. The van der Waals surface area contributed by atoms with E-state index in [2.05, 4.69) is 0 Å². The quantitative estimate of drug-likeness (QED) is 0.630. The average Bonchev–Trinajstić information content (AvgIpc) is 2.67. The normalized spacial score (nSPS) is 12.4. The van der Waals surface area contributed by atoms with Crippen molar-refractivity contribution < 1.29 is 18.3 Å². The predicted molar refractivity (Wildman–Crippen MR) is 106 cm³/mol. The van der Waals surface area contributed by atoms with Crippen LogP contribution < -0.4 is 0 Å². The molecule has 3 rings (SSSR count). The zero-order valence-corrected chi connectivity index (χ0v) is 15.5. The van der Waals surface area contributed by atoms with Crippen LogP contribution in [0.25, 0.3) is 0 Å². The lowest BCUT2D eigenvalue weighted by Crippen LogP contribution is -2.23. The lowest BCUT2D eigenvalue weighted by Gasteiger charge is -2.17. The van der Waals surface area contributed by atoms with Gasteiger partial charge in [0.15, 0.2) is 15.6 Å². The van der Waals surface area contributed by atoms with E-state index in [0.717, 1.165) is 0 Å². The first-order valence-corrected chi connectivity index (χ1v) is 10.4. The number of ketones is 1. The number of aromatic hydroxyl groups is 1. The average molecular weight is 380 g/mol. The minimum atomic E-state index is -3.55. The number of hydrogen-bond donors (Lipinski definition) is 1. The summed E-state index contributed by atoms with van der Waals surface area (Å²) in [5, 5.41) is 10.0. The molecule has 0 aliphatic heterocycles. The Labute approximate surface area is 159 Å². The lowest BCUT2D eigenvalue weighted by molar-refractivity contribution is 0.0964. The number of para-hydroxylation sites is 1. The SMILES string of the molecule is O=C(c1ccccc1O)C(CS(=O)(=O)Cc1ccccc1)c1ccccc1. The molecular weight excluding hydrogens is 360 g/mol. The van der Waals surface area contributed by atoms with E-state index >= 15 is 0 Å². The van der Waals surface area contributed by atoms with Gasteiger partial charge < -0.3 is 5.11 Å². The molecule has 138 valence electrons. The second-order valence-electron chi connectivity index (χ2n) is 6.38. The molecule has 0 bridgehead atoms. The van der Waals surface area contributed by atoms with Crippen LogP contribution in [0.15, 0.2) is 84.9 Å². The van der Waals surface area contributed by atoms with E-state index in [-0.39, 0.29) is 22.8 Å². The van der Waals surface area contributed by atoms with Gasteiger partial charge in [0.1, 0.15) is 5.75 Å². The summed E-state index contributed by atoms with van der Waals surface area (Å²) < 4.78 is 25.6. The molecule has 0 aromatic heterocycles. The number of Topliss-reactive ketones (excluding diaryl/α,β-unsaturated/α-hetero) is 1. The maximum Gasteiger partial charge on any atom is 0.175 e. The van der Waals surface area contributed by atoms with E-state index in [4.69, 9.17) is 0 Å². The molecule has 1 unspecified atom stereocenters. The number of carbonyl (C=O) groups is 1. The molecule has 0 spiro atoms. The Morgan fingerprint density at radius 1 is 0.815 bits per heavy atom. The number of phenolic OH excluding ortho intramolecular Hbond substituents is 1. The Morgan fingerprint density at radius 2 is 1.37 bits per heavy atom. The highest BCUT2D eigenvalue weighted by atomic mass is 32.2. The van der Waals surface area contributed by atoms with Crippen molar-refractivity contribution in [3.8, 4) is 5.75 Å². The minimum Gasteiger partial charge on any atom is -0.507 e. The molecule has 4 nitrogen and oxygen atoms in total. The van der Waals surface area contributed by atoms with Crippen LogP contribution in [0.4, 0.5) is 0 Å². The Hall–Kier alpha value is -2.92. The third kappa shape index (κ3) is 4.83. The van der Waals surface area contributed by atoms with Gasteiger partial charge in [-0.3, -0.25) is 4.79 Å². The van der Waals surface area contributed by atoms with E-state index in [1.807, 2.05) is 12.1 Å². The molecule has 0 aliphatic carbocycles. The van der Waals surface area contributed by atoms with Crippen molar-refractivity contribution in [2.75, 3.05) is 5.75 Å². The summed E-state index contributed by atoms with van der Waals surface area (Å²) >= 11 is 0. The van der Waals surface area contributed by atoms with Crippen LogP contribution in [0.3, 0.4) is 0 Å². The molecule has 0 amide bonds. The molecule has 0 heterocycles. The van der Waals surface area contributed by atoms with Crippen LogP contribution in [0.5, 0.6) is 5.75 Å². The van der Waals surface area contributed by atoms with Crippen LogP contribution in [0, 0.1) is 0 Å². The number of carbonyl (C=O) groups excluding carboxylic acids is 1. The molecule has 3 aromatic carbocycles. The van der Waals surface area contributed by atoms with Crippen molar-refractivity contribution in [1.82, 2.24) is 0 Å². The Balaban J connectivity index is 1.94. The molecule has 0 saturated carbocycles. The van der Waals surface area contributed by atoms with E-state index in [1.165, 1.54) is 12.1 Å². The monoisotopic (exact) mass is 380 g/mol. The van der Waals surface area contributed by atoms with E-state index in [0.29, 0.717) is 11.1 Å².